The van der Waals surface area contributed by atoms with Crippen LogP contribution in [-0.2, 0) is 0 Å². The molecule has 22 heavy (non-hydrogen) atoms. The molecular formula is C16H10N2O4. The lowest BCUT2D eigenvalue weighted by Crippen LogP contribution is -2.35. The Labute approximate surface area is 123 Å². The molecule has 0 spiro atoms. The predicted molar refractivity (Wildman–Crippen MR) is 80.0 cm³/mol. The Morgan fingerprint density at radius 1 is 0.909 bits per heavy atom. The van der Waals surface area contributed by atoms with Crippen LogP contribution in [0.3, 0.4) is 0 Å². The summed E-state index contributed by atoms with van der Waals surface area (Å²) < 4.78 is 0. The molecule has 0 saturated carbocycles. The lowest BCUT2D eigenvalue weighted by atomic mass is 10.2. The summed E-state index contributed by atoms with van der Waals surface area (Å²) in [5.41, 5.74) is 1.41. The molecular weight excluding hydrogens is 284 g/mol. The summed E-state index contributed by atoms with van der Waals surface area (Å²) in [5.74, 6) is -0.552. The SMILES string of the molecule is O=C(NN=c1c(=O)c2ccccc2c1=O)c1ccc(O)cc1. The normalized spacial score (nSPS) is 10.5. The summed E-state index contributed by atoms with van der Waals surface area (Å²) in [6.45, 7) is 0. The molecule has 1 amide bonds. The van der Waals surface area contributed by atoms with Gasteiger partial charge in [-0.1, -0.05) is 24.3 Å². The Hall–Kier alpha value is -3.28. The third kappa shape index (κ3) is 2.26. The van der Waals surface area contributed by atoms with Gasteiger partial charge in [0.2, 0.25) is 10.9 Å². The molecule has 0 aliphatic rings. The Kier molecular flexibility index (Phi) is 3.27. The minimum atomic E-state index is -0.580. The standard InChI is InChI=1S/C16H10N2O4/c19-10-7-5-9(6-8-10)16(22)18-17-13-14(20)11-3-1-2-4-12(11)15(13)21/h1-8,19H,(H,18,22). The van der Waals surface area contributed by atoms with Crippen LogP contribution in [0.15, 0.2) is 63.2 Å². The number of rotatable bonds is 2. The van der Waals surface area contributed by atoms with Crippen LogP contribution in [0, 0.1) is 0 Å². The number of carbonyl (C=O) groups is 1. The molecule has 3 aromatic rings. The number of hydrogen-bond acceptors (Lipinski definition) is 5. The van der Waals surface area contributed by atoms with Gasteiger partial charge in [-0.25, -0.2) is 5.43 Å². The molecule has 0 fully saturated rings. The van der Waals surface area contributed by atoms with E-state index in [0.29, 0.717) is 0 Å². The number of carbonyl (C=O) groups excluding carboxylic acids is 1. The highest BCUT2D eigenvalue weighted by Gasteiger charge is 2.11. The fourth-order valence-electron chi connectivity index (χ4n) is 2.12. The van der Waals surface area contributed by atoms with E-state index < -0.39 is 16.8 Å². The molecule has 3 rings (SSSR count). The zero-order valence-electron chi connectivity index (χ0n) is 11.2. The molecule has 0 unspecified atom stereocenters. The van der Waals surface area contributed by atoms with E-state index in [2.05, 4.69) is 10.5 Å². The van der Waals surface area contributed by atoms with Crippen LogP contribution in [0.2, 0.25) is 0 Å². The van der Waals surface area contributed by atoms with Crippen molar-refractivity contribution in [1.82, 2.24) is 5.43 Å². The van der Waals surface area contributed by atoms with Gasteiger partial charge in [0.25, 0.3) is 5.91 Å². The van der Waals surface area contributed by atoms with Crippen molar-refractivity contribution in [3.8, 4) is 5.75 Å². The summed E-state index contributed by atoms with van der Waals surface area (Å²) in [4.78, 5) is 36.0. The van der Waals surface area contributed by atoms with Gasteiger partial charge in [0, 0.05) is 16.3 Å². The number of nitrogens with one attached hydrogen (secondary N) is 1. The molecule has 3 aromatic carbocycles. The average Bonchev–Trinajstić information content (AvgIpc) is 2.78. The molecule has 0 radical (unpaired) electrons. The van der Waals surface area contributed by atoms with Crippen molar-refractivity contribution >= 4 is 16.7 Å². The maximum atomic E-state index is 12.1. The Balaban J connectivity index is 2.00. The molecule has 0 atom stereocenters. The zero-order valence-corrected chi connectivity index (χ0v) is 11.2. The molecule has 6 heteroatoms. The van der Waals surface area contributed by atoms with E-state index in [9.17, 15) is 14.4 Å². The molecule has 0 heterocycles. The molecule has 6 nitrogen and oxygen atoms in total. The van der Waals surface area contributed by atoms with Crippen molar-refractivity contribution < 1.29 is 9.90 Å². The van der Waals surface area contributed by atoms with Crippen LogP contribution in [0.1, 0.15) is 10.4 Å². The van der Waals surface area contributed by atoms with Crippen LogP contribution in [-0.4, -0.2) is 11.0 Å². The molecule has 0 saturated heterocycles. The van der Waals surface area contributed by atoms with E-state index in [0.717, 1.165) is 0 Å². The van der Waals surface area contributed by atoms with E-state index in [1.807, 2.05) is 0 Å². The van der Waals surface area contributed by atoms with Crippen molar-refractivity contribution in [2.24, 2.45) is 5.10 Å². The van der Waals surface area contributed by atoms with E-state index in [1.54, 1.807) is 24.3 Å². The summed E-state index contributed by atoms with van der Waals surface area (Å²) in [6.07, 6.45) is 0. The van der Waals surface area contributed by atoms with Crippen molar-refractivity contribution in [3.63, 3.8) is 0 Å². The van der Waals surface area contributed by atoms with Crippen LogP contribution >= 0.6 is 0 Å². The second-order valence-electron chi connectivity index (χ2n) is 4.65. The maximum Gasteiger partial charge on any atom is 0.271 e. The van der Waals surface area contributed by atoms with Crippen LogP contribution in [0.25, 0.3) is 10.8 Å². The molecule has 0 aliphatic heterocycles. The number of phenols is 1. The van der Waals surface area contributed by atoms with E-state index >= 15 is 0 Å². The highest BCUT2D eigenvalue weighted by molar-refractivity contribution is 5.94. The number of amides is 1. The summed E-state index contributed by atoms with van der Waals surface area (Å²) in [6, 6.07) is 11.9. The minimum Gasteiger partial charge on any atom is -0.508 e. The summed E-state index contributed by atoms with van der Waals surface area (Å²) >= 11 is 0. The number of hydrogen-bond donors (Lipinski definition) is 2. The third-order valence-corrected chi connectivity index (χ3v) is 3.25. The molecule has 2 N–H and O–H groups in total. The van der Waals surface area contributed by atoms with Crippen LogP contribution < -0.4 is 21.6 Å². The van der Waals surface area contributed by atoms with E-state index in [1.165, 1.54) is 24.3 Å². The summed E-state index contributed by atoms with van der Waals surface area (Å²) in [5, 5.41) is 13.1. The largest absolute Gasteiger partial charge is 0.508 e. The number of nitrogens with zero attached hydrogens (tertiary/aromatic N) is 1. The topological polar surface area (TPSA) is 95.8 Å². The third-order valence-electron chi connectivity index (χ3n) is 3.25. The average molecular weight is 294 g/mol. The van der Waals surface area contributed by atoms with Gasteiger partial charge in [0.15, 0.2) is 5.36 Å². The van der Waals surface area contributed by atoms with E-state index in [-0.39, 0.29) is 27.4 Å². The zero-order chi connectivity index (χ0) is 15.7. The number of fused-ring (bicyclic) bond motifs is 1. The van der Waals surface area contributed by atoms with E-state index in [4.69, 9.17) is 5.11 Å². The van der Waals surface area contributed by atoms with Crippen molar-refractivity contribution in [3.05, 3.63) is 79.9 Å². The smallest absolute Gasteiger partial charge is 0.271 e. The number of phenolic OH excluding ortho intramolecular Hbond substituents is 1. The highest BCUT2D eigenvalue weighted by Crippen LogP contribution is 2.09. The second kappa shape index (κ2) is 5.25. The Morgan fingerprint density at radius 3 is 2.00 bits per heavy atom. The first kappa shape index (κ1) is 13.7. The number of benzene rings is 2. The maximum absolute atomic E-state index is 12.1. The quantitative estimate of drug-likeness (QED) is 0.668. The minimum absolute atomic E-state index is 0.0273. The van der Waals surface area contributed by atoms with Gasteiger partial charge in [0.1, 0.15) is 5.75 Å². The fourth-order valence-corrected chi connectivity index (χ4v) is 2.12. The second-order valence-corrected chi connectivity index (χ2v) is 4.65. The first-order valence-corrected chi connectivity index (χ1v) is 6.43. The first-order chi connectivity index (χ1) is 10.6. The van der Waals surface area contributed by atoms with Crippen molar-refractivity contribution in [2.75, 3.05) is 0 Å². The van der Waals surface area contributed by atoms with Crippen LogP contribution in [0.5, 0.6) is 5.75 Å². The van der Waals surface area contributed by atoms with Crippen molar-refractivity contribution in [1.29, 1.82) is 0 Å². The van der Waals surface area contributed by atoms with Gasteiger partial charge in [-0.3, -0.25) is 14.4 Å². The van der Waals surface area contributed by atoms with Gasteiger partial charge < -0.3 is 5.11 Å². The number of aromatic hydroxyl groups is 1. The lowest BCUT2D eigenvalue weighted by Gasteiger charge is -1.98. The molecule has 0 aliphatic carbocycles. The lowest BCUT2D eigenvalue weighted by molar-refractivity contribution is 0.0953. The van der Waals surface area contributed by atoms with Gasteiger partial charge in [0.05, 0.1) is 0 Å². The van der Waals surface area contributed by atoms with Gasteiger partial charge in [-0.05, 0) is 24.3 Å². The molecule has 108 valence electrons. The molecule has 0 bridgehead atoms. The van der Waals surface area contributed by atoms with Gasteiger partial charge >= 0.3 is 0 Å². The first-order valence-electron chi connectivity index (χ1n) is 6.43. The monoisotopic (exact) mass is 294 g/mol. The highest BCUT2D eigenvalue weighted by atomic mass is 16.3. The fraction of sp³-hybridized carbons (Fsp3) is 0. The predicted octanol–water partition coefficient (Wildman–Crippen LogP) is 0.387. The Bertz CT molecular complexity index is 963. The van der Waals surface area contributed by atoms with Crippen LogP contribution in [0.4, 0.5) is 0 Å². The Morgan fingerprint density at radius 2 is 1.45 bits per heavy atom. The van der Waals surface area contributed by atoms with Gasteiger partial charge in [-0.15, -0.1) is 0 Å². The van der Waals surface area contributed by atoms with Crippen molar-refractivity contribution in [2.45, 2.75) is 0 Å². The summed E-state index contributed by atoms with van der Waals surface area (Å²) in [7, 11) is 0. The molecule has 0 aromatic heterocycles. The van der Waals surface area contributed by atoms with Gasteiger partial charge in [-0.2, -0.15) is 5.10 Å².